The van der Waals surface area contributed by atoms with Crippen molar-refractivity contribution in [2.24, 2.45) is 0 Å². The maximum atomic E-state index is 5.51. The highest BCUT2D eigenvalue weighted by molar-refractivity contribution is 5.43. The molecule has 1 atom stereocenters. The molecule has 1 aromatic carbocycles. The Morgan fingerprint density at radius 1 is 1.19 bits per heavy atom. The summed E-state index contributed by atoms with van der Waals surface area (Å²) in [6.07, 6.45) is 3.76. The zero-order chi connectivity index (χ0) is 15.5. The molecule has 0 saturated heterocycles. The number of rotatable bonds is 11. The first kappa shape index (κ1) is 17.5. The highest BCUT2D eigenvalue weighted by Gasteiger charge is 2.12. The molecule has 4 heteroatoms. The van der Waals surface area contributed by atoms with Gasteiger partial charge in [-0.1, -0.05) is 19.1 Å². The van der Waals surface area contributed by atoms with E-state index in [0.717, 1.165) is 37.5 Å². The minimum absolute atomic E-state index is 0.285. The molecule has 0 aliphatic carbocycles. The first-order valence-electron chi connectivity index (χ1n) is 7.40. The van der Waals surface area contributed by atoms with Crippen molar-refractivity contribution in [2.75, 3.05) is 34.0 Å². The number of methoxy groups -OCH3 is 2. The molecule has 118 valence electrons. The van der Waals surface area contributed by atoms with E-state index < -0.39 is 0 Å². The van der Waals surface area contributed by atoms with E-state index in [0.29, 0.717) is 6.61 Å². The van der Waals surface area contributed by atoms with Crippen molar-refractivity contribution >= 4 is 0 Å². The van der Waals surface area contributed by atoms with Crippen LogP contribution in [0.4, 0.5) is 0 Å². The van der Waals surface area contributed by atoms with Gasteiger partial charge in [0.05, 0.1) is 27.4 Å². The molecule has 0 bridgehead atoms. The molecule has 0 heterocycles. The smallest absolute Gasteiger partial charge is 0.161 e. The molecule has 4 nitrogen and oxygen atoms in total. The van der Waals surface area contributed by atoms with Gasteiger partial charge in [-0.3, -0.25) is 0 Å². The quantitative estimate of drug-likeness (QED) is 0.502. The standard InChI is InChI=1S/C17H27NO3/c1-5-7-11-21-12-10-18-15(6-2)14-8-9-16(19-3)17(13-14)20-4/h5,8-9,13,15,18H,1,6-7,10-12H2,2-4H3. The Balaban J connectivity index is 2.53. The third kappa shape index (κ3) is 5.78. The average Bonchev–Trinajstić information content (AvgIpc) is 2.53. The Hall–Kier alpha value is -1.52. The van der Waals surface area contributed by atoms with Gasteiger partial charge in [-0.2, -0.15) is 0 Å². The van der Waals surface area contributed by atoms with Gasteiger partial charge >= 0.3 is 0 Å². The second-order valence-electron chi connectivity index (χ2n) is 4.72. The molecular weight excluding hydrogens is 266 g/mol. The Morgan fingerprint density at radius 3 is 2.57 bits per heavy atom. The van der Waals surface area contributed by atoms with Crippen LogP contribution >= 0.6 is 0 Å². The second-order valence-corrected chi connectivity index (χ2v) is 4.72. The van der Waals surface area contributed by atoms with Gasteiger partial charge in [-0.05, 0) is 30.5 Å². The summed E-state index contributed by atoms with van der Waals surface area (Å²) in [5.74, 6) is 1.52. The van der Waals surface area contributed by atoms with Crippen molar-refractivity contribution in [3.8, 4) is 11.5 Å². The zero-order valence-electron chi connectivity index (χ0n) is 13.4. The van der Waals surface area contributed by atoms with Crippen LogP contribution in [0, 0.1) is 0 Å². The fourth-order valence-corrected chi connectivity index (χ4v) is 2.14. The van der Waals surface area contributed by atoms with E-state index in [9.17, 15) is 0 Å². The minimum Gasteiger partial charge on any atom is -0.493 e. The van der Waals surface area contributed by atoms with Gasteiger partial charge in [-0.15, -0.1) is 6.58 Å². The molecule has 0 amide bonds. The van der Waals surface area contributed by atoms with Gasteiger partial charge in [0.25, 0.3) is 0 Å². The molecule has 1 unspecified atom stereocenters. The van der Waals surface area contributed by atoms with Crippen LogP contribution in [0.2, 0.25) is 0 Å². The van der Waals surface area contributed by atoms with Crippen molar-refractivity contribution < 1.29 is 14.2 Å². The molecule has 0 aliphatic heterocycles. The van der Waals surface area contributed by atoms with Crippen LogP contribution in [0.5, 0.6) is 11.5 Å². The van der Waals surface area contributed by atoms with Crippen molar-refractivity contribution in [1.82, 2.24) is 5.32 Å². The molecule has 0 radical (unpaired) electrons. The fourth-order valence-electron chi connectivity index (χ4n) is 2.14. The van der Waals surface area contributed by atoms with Crippen molar-refractivity contribution in [1.29, 1.82) is 0 Å². The maximum Gasteiger partial charge on any atom is 0.161 e. The predicted molar refractivity (Wildman–Crippen MR) is 86.2 cm³/mol. The maximum absolute atomic E-state index is 5.51. The van der Waals surface area contributed by atoms with Crippen LogP contribution in [0.15, 0.2) is 30.9 Å². The average molecular weight is 293 g/mol. The first-order valence-corrected chi connectivity index (χ1v) is 7.40. The first-order chi connectivity index (χ1) is 10.3. The highest BCUT2D eigenvalue weighted by Crippen LogP contribution is 2.30. The van der Waals surface area contributed by atoms with Gasteiger partial charge < -0.3 is 19.5 Å². The van der Waals surface area contributed by atoms with E-state index >= 15 is 0 Å². The SMILES string of the molecule is C=CCCOCCNC(CC)c1ccc(OC)c(OC)c1. The summed E-state index contributed by atoms with van der Waals surface area (Å²) in [7, 11) is 3.30. The molecule has 1 aromatic rings. The molecule has 0 spiro atoms. The van der Waals surface area contributed by atoms with Gasteiger partial charge in [0.2, 0.25) is 0 Å². The van der Waals surface area contributed by atoms with Gasteiger partial charge in [0.1, 0.15) is 0 Å². The van der Waals surface area contributed by atoms with Crippen LogP contribution in [0.1, 0.15) is 31.4 Å². The second kappa shape index (κ2) is 10.2. The normalized spacial score (nSPS) is 12.0. The fraction of sp³-hybridized carbons (Fsp3) is 0.529. The molecule has 1 rings (SSSR count). The van der Waals surface area contributed by atoms with E-state index in [-0.39, 0.29) is 6.04 Å². The lowest BCUT2D eigenvalue weighted by atomic mass is 10.0. The summed E-state index contributed by atoms with van der Waals surface area (Å²) in [4.78, 5) is 0. The Morgan fingerprint density at radius 2 is 1.95 bits per heavy atom. The number of hydrogen-bond acceptors (Lipinski definition) is 4. The van der Waals surface area contributed by atoms with Gasteiger partial charge in [0, 0.05) is 12.6 Å². The Bertz CT molecular complexity index is 420. The summed E-state index contributed by atoms with van der Waals surface area (Å²) in [6.45, 7) is 8.10. The molecule has 0 aromatic heterocycles. The highest BCUT2D eigenvalue weighted by atomic mass is 16.5. The summed E-state index contributed by atoms with van der Waals surface area (Å²) in [5, 5.41) is 3.50. The predicted octanol–water partition coefficient (Wildman–Crippen LogP) is 3.34. The largest absolute Gasteiger partial charge is 0.493 e. The van der Waals surface area contributed by atoms with Gasteiger partial charge in [-0.25, -0.2) is 0 Å². The van der Waals surface area contributed by atoms with Crippen molar-refractivity contribution in [3.63, 3.8) is 0 Å². The summed E-state index contributed by atoms with van der Waals surface area (Å²) < 4.78 is 16.1. The third-order valence-corrected chi connectivity index (χ3v) is 3.32. The molecule has 0 saturated carbocycles. The number of hydrogen-bond donors (Lipinski definition) is 1. The van der Waals surface area contributed by atoms with E-state index in [4.69, 9.17) is 14.2 Å². The molecule has 0 aliphatic rings. The van der Waals surface area contributed by atoms with Crippen LogP contribution in [-0.2, 0) is 4.74 Å². The molecule has 0 fully saturated rings. The Kier molecular flexibility index (Phi) is 8.55. The Labute approximate surface area is 128 Å². The lowest BCUT2D eigenvalue weighted by Gasteiger charge is -2.19. The van der Waals surface area contributed by atoms with Crippen LogP contribution in [0.3, 0.4) is 0 Å². The van der Waals surface area contributed by atoms with E-state index in [1.807, 2.05) is 18.2 Å². The number of ether oxygens (including phenoxy) is 3. The van der Waals surface area contributed by atoms with Crippen molar-refractivity contribution in [3.05, 3.63) is 36.4 Å². The van der Waals surface area contributed by atoms with E-state index in [1.54, 1.807) is 14.2 Å². The summed E-state index contributed by atoms with van der Waals surface area (Å²) in [5.41, 5.74) is 1.20. The van der Waals surface area contributed by atoms with Crippen LogP contribution < -0.4 is 14.8 Å². The van der Waals surface area contributed by atoms with Crippen molar-refractivity contribution in [2.45, 2.75) is 25.8 Å². The van der Waals surface area contributed by atoms with E-state index in [2.05, 4.69) is 24.9 Å². The topological polar surface area (TPSA) is 39.7 Å². The van der Waals surface area contributed by atoms with Crippen LogP contribution in [0.25, 0.3) is 0 Å². The van der Waals surface area contributed by atoms with E-state index in [1.165, 1.54) is 5.56 Å². The molecule has 1 N–H and O–H groups in total. The number of nitrogens with one attached hydrogen (secondary N) is 1. The third-order valence-electron chi connectivity index (χ3n) is 3.32. The van der Waals surface area contributed by atoms with Crippen LogP contribution in [-0.4, -0.2) is 34.0 Å². The molecular formula is C17H27NO3. The molecule has 21 heavy (non-hydrogen) atoms. The lowest BCUT2D eigenvalue weighted by molar-refractivity contribution is 0.138. The summed E-state index contributed by atoms with van der Waals surface area (Å²) >= 11 is 0. The van der Waals surface area contributed by atoms with Gasteiger partial charge in [0.15, 0.2) is 11.5 Å². The lowest BCUT2D eigenvalue weighted by Crippen LogP contribution is -2.25. The zero-order valence-corrected chi connectivity index (χ0v) is 13.4. The monoisotopic (exact) mass is 293 g/mol. The summed E-state index contributed by atoms with van der Waals surface area (Å²) in [6, 6.07) is 6.33. The minimum atomic E-state index is 0.285. The number of benzene rings is 1.